The summed E-state index contributed by atoms with van der Waals surface area (Å²) in [4.78, 5) is 11.7. The SMILES string of the molecule is CC1(C)CC2CC(=O)C=C2CC1O[Si](C)(C)C(C)(C)C. The first kappa shape index (κ1) is 16.0. The number of hydrogen-bond donors (Lipinski definition) is 0. The number of ketones is 1. The van der Waals surface area contributed by atoms with Gasteiger partial charge in [-0.3, -0.25) is 4.79 Å². The van der Waals surface area contributed by atoms with Gasteiger partial charge in [0, 0.05) is 6.42 Å². The Morgan fingerprint density at radius 2 is 1.85 bits per heavy atom. The van der Waals surface area contributed by atoms with Gasteiger partial charge >= 0.3 is 0 Å². The topological polar surface area (TPSA) is 26.3 Å². The van der Waals surface area contributed by atoms with Gasteiger partial charge in [-0.25, -0.2) is 0 Å². The summed E-state index contributed by atoms with van der Waals surface area (Å²) < 4.78 is 6.69. The lowest BCUT2D eigenvalue weighted by Crippen LogP contribution is -2.50. The van der Waals surface area contributed by atoms with E-state index < -0.39 is 8.32 Å². The summed E-state index contributed by atoms with van der Waals surface area (Å²) in [5.41, 5.74) is 1.51. The summed E-state index contributed by atoms with van der Waals surface area (Å²) in [5.74, 6) is 0.797. The maximum absolute atomic E-state index is 11.7. The highest BCUT2D eigenvalue weighted by Gasteiger charge is 2.47. The van der Waals surface area contributed by atoms with Gasteiger partial charge in [0.2, 0.25) is 0 Å². The number of fused-ring (bicyclic) bond motifs is 1. The van der Waals surface area contributed by atoms with Crippen LogP contribution in [-0.4, -0.2) is 20.2 Å². The predicted molar refractivity (Wildman–Crippen MR) is 86.3 cm³/mol. The zero-order valence-electron chi connectivity index (χ0n) is 14.2. The maximum atomic E-state index is 11.7. The minimum atomic E-state index is -1.75. The maximum Gasteiger partial charge on any atom is 0.192 e. The van der Waals surface area contributed by atoms with E-state index in [0.29, 0.717) is 11.7 Å². The van der Waals surface area contributed by atoms with Crippen LogP contribution in [0.2, 0.25) is 18.1 Å². The Kier molecular flexibility index (Phi) is 3.84. The zero-order chi connectivity index (χ0) is 15.3. The first-order valence-electron chi connectivity index (χ1n) is 7.83. The van der Waals surface area contributed by atoms with Crippen molar-refractivity contribution in [1.82, 2.24) is 0 Å². The monoisotopic (exact) mass is 294 g/mol. The van der Waals surface area contributed by atoms with Gasteiger partial charge < -0.3 is 4.43 Å². The van der Waals surface area contributed by atoms with Crippen molar-refractivity contribution in [3.63, 3.8) is 0 Å². The summed E-state index contributed by atoms with van der Waals surface area (Å²) in [6.45, 7) is 16.1. The van der Waals surface area contributed by atoms with Crippen molar-refractivity contribution in [3.8, 4) is 0 Å². The van der Waals surface area contributed by atoms with Crippen LogP contribution >= 0.6 is 0 Å². The molecule has 2 aliphatic carbocycles. The molecule has 2 atom stereocenters. The molecule has 0 bridgehead atoms. The molecule has 2 aliphatic rings. The molecule has 0 aliphatic heterocycles. The molecule has 0 aromatic rings. The molecule has 1 saturated carbocycles. The molecule has 2 unspecified atom stereocenters. The molecule has 0 heterocycles. The van der Waals surface area contributed by atoms with Crippen LogP contribution in [0.5, 0.6) is 0 Å². The quantitative estimate of drug-likeness (QED) is 0.689. The van der Waals surface area contributed by atoms with Crippen LogP contribution in [0.25, 0.3) is 0 Å². The Bertz CT molecular complexity index is 440. The van der Waals surface area contributed by atoms with Gasteiger partial charge in [0.15, 0.2) is 14.1 Å². The van der Waals surface area contributed by atoms with Crippen LogP contribution in [0.3, 0.4) is 0 Å². The fourth-order valence-electron chi connectivity index (χ4n) is 3.18. The molecule has 0 N–H and O–H groups in total. The van der Waals surface area contributed by atoms with Crippen molar-refractivity contribution < 1.29 is 9.22 Å². The van der Waals surface area contributed by atoms with Crippen LogP contribution in [0.4, 0.5) is 0 Å². The normalized spacial score (nSPS) is 30.1. The summed E-state index contributed by atoms with van der Waals surface area (Å²) in [6.07, 6.45) is 4.92. The van der Waals surface area contributed by atoms with Crippen LogP contribution in [0.15, 0.2) is 11.6 Å². The van der Waals surface area contributed by atoms with Crippen molar-refractivity contribution in [1.29, 1.82) is 0 Å². The molecule has 0 aromatic heterocycles. The van der Waals surface area contributed by atoms with E-state index in [2.05, 4.69) is 47.7 Å². The molecule has 3 heteroatoms. The Morgan fingerprint density at radius 1 is 1.25 bits per heavy atom. The summed E-state index contributed by atoms with van der Waals surface area (Å²) >= 11 is 0. The van der Waals surface area contributed by atoms with Crippen molar-refractivity contribution in [2.45, 2.75) is 78.1 Å². The molecular formula is C17H30O2Si. The minimum absolute atomic E-state index is 0.169. The summed E-state index contributed by atoms with van der Waals surface area (Å²) in [5, 5.41) is 0.236. The van der Waals surface area contributed by atoms with E-state index in [4.69, 9.17) is 4.43 Å². The Hall–Kier alpha value is -0.413. The molecule has 0 amide bonds. The molecule has 0 aromatic carbocycles. The van der Waals surface area contributed by atoms with E-state index >= 15 is 0 Å². The van der Waals surface area contributed by atoms with Crippen LogP contribution < -0.4 is 0 Å². The average molecular weight is 295 g/mol. The van der Waals surface area contributed by atoms with Crippen LogP contribution in [0.1, 0.15) is 53.9 Å². The largest absolute Gasteiger partial charge is 0.413 e. The standard InChI is InChI=1S/C17H30O2Si/c1-16(2,3)20(6,7)19-15-10-12-8-14(18)9-13(12)11-17(15,4)5/h8,13,15H,9-11H2,1-7H3. The first-order chi connectivity index (χ1) is 8.92. The highest BCUT2D eigenvalue weighted by Crippen LogP contribution is 2.49. The van der Waals surface area contributed by atoms with Crippen molar-refractivity contribution in [2.24, 2.45) is 11.3 Å². The number of hydrogen-bond acceptors (Lipinski definition) is 2. The molecule has 1 fully saturated rings. The fourth-order valence-corrected chi connectivity index (χ4v) is 4.64. The summed E-state index contributed by atoms with van der Waals surface area (Å²) in [7, 11) is -1.75. The highest BCUT2D eigenvalue weighted by molar-refractivity contribution is 6.74. The molecular weight excluding hydrogens is 264 g/mol. The number of rotatable bonds is 2. The third-order valence-electron chi connectivity index (χ3n) is 5.63. The second kappa shape index (κ2) is 4.81. The second-order valence-corrected chi connectivity index (χ2v) is 13.6. The van der Waals surface area contributed by atoms with Crippen LogP contribution in [-0.2, 0) is 9.22 Å². The smallest absolute Gasteiger partial charge is 0.192 e. The van der Waals surface area contributed by atoms with Gasteiger partial charge in [-0.05, 0) is 48.4 Å². The van der Waals surface area contributed by atoms with Gasteiger partial charge in [0.25, 0.3) is 0 Å². The average Bonchev–Trinajstić information content (AvgIpc) is 2.54. The van der Waals surface area contributed by atoms with Gasteiger partial charge in [0.05, 0.1) is 6.10 Å². The van der Waals surface area contributed by atoms with Crippen molar-refractivity contribution >= 4 is 14.1 Å². The van der Waals surface area contributed by atoms with E-state index in [1.807, 2.05) is 6.08 Å². The van der Waals surface area contributed by atoms with Gasteiger partial charge in [-0.1, -0.05) is 40.2 Å². The van der Waals surface area contributed by atoms with Crippen molar-refractivity contribution in [3.05, 3.63) is 11.6 Å². The lowest BCUT2D eigenvalue weighted by Gasteiger charge is -2.48. The number of allylic oxidation sites excluding steroid dienone is 1. The van der Waals surface area contributed by atoms with E-state index in [9.17, 15) is 4.79 Å². The van der Waals surface area contributed by atoms with Gasteiger partial charge in [-0.15, -0.1) is 0 Å². The molecule has 114 valence electrons. The number of carbonyl (C=O) groups excluding carboxylic acids is 1. The summed E-state index contributed by atoms with van der Waals surface area (Å²) in [6, 6.07) is 0. The van der Waals surface area contributed by atoms with E-state index in [1.54, 1.807) is 0 Å². The molecule has 2 nitrogen and oxygen atoms in total. The van der Waals surface area contributed by atoms with E-state index in [-0.39, 0.29) is 16.6 Å². The molecule has 20 heavy (non-hydrogen) atoms. The minimum Gasteiger partial charge on any atom is -0.413 e. The first-order valence-corrected chi connectivity index (χ1v) is 10.7. The highest BCUT2D eigenvalue weighted by atomic mass is 28.4. The predicted octanol–water partition coefficient (Wildman–Crippen LogP) is 4.71. The van der Waals surface area contributed by atoms with Gasteiger partial charge in [0.1, 0.15) is 0 Å². The Balaban J connectivity index is 2.19. The molecule has 0 saturated heterocycles. The Morgan fingerprint density at radius 3 is 2.40 bits per heavy atom. The third kappa shape index (κ3) is 2.94. The zero-order valence-corrected chi connectivity index (χ0v) is 15.2. The molecule has 0 radical (unpaired) electrons. The molecule has 2 rings (SSSR count). The van der Waals surface area contributed by atoms with Gasteiger partial charge in [-0.2, -0.15) is 0 Å². The lowest BCUT2D eigenvalue weighted by molar-refractivity contribution is -0.114. The lowest BCUT2D eigenvalue weighted by atomic mass is 9.69. The second-order valence-electron chi connectivity index (χ2n) is 8.85. The fraction of sp³-hybridized carbons (Fsp3) is 0.824. The van der Waals surface area contributed by atoms with E-state index in [1.165, 1.54) is 5.57 Å². The van der Waals surface area contributed by atoms with Crippen molar-refractivity contribution in [2.75, 3.05) is 0 Å². The Labute approximate surface area is 125 Å². The molecule has 0 spiro atoms. The van der Waals surface area contributed by atoms with Crippen LogP contribution in [0, 0.1) is 11.3 Å². The van der Waals surface area contributed by atoms with E-state index in [0.717, 1.165) is 19.3 Å². The number of carbonyl (C=O) groups is 1. The third-order valence-corrected chi connectivity index (χ3v) is 10.1.